The van der Waals surface area contributed by atoms with Crippen LogP contribution in [0.1, 0.15) is 34.6 Å². The lowest BCUT2D eigenvalue weighted by Crippen LogP contribution is -2.49. The van der Waals surface area contributed by atoms with Gasteiger partial charge in [0, 0.05) is 12.2 Å². The number of fused-ring (bicyclic) bond motifs is 1. The van der Waals surface area contributed by atoms with Crippen LogP contribution in [0.3, 0.4) is 0 Å². The Bertz CT molecular complexity index is 677. The fourth-order valence-corrected chi connectivity index (χ4v) is 2.97. The van der Waals surface area contributed by atoms with Crippen molar-refractivity contribution < 1.29 is 9.59 Å². The molecule has 0 aliphatic carbocycles. The van der Waals surface area contributed by atoms with Gasteiger partial charge in [0.15, 0.2) is 0 Å². The Kier molecular flexibility index (Phi) is 3.67. The molecule has 112 valence electrons. The number of anilines is 1. The van der Waals surface area contributed by atoms with Gasteiger partial charge in [0.05, 0.1) is 11.1 Å². The highest BCUT2D eigenvalue weighted by Gasteiger charge is 2.39. The van der Waals surface area contributed by atoms with Crippen LogP contribution in [-0.4, -0.2) is 29.4 Å². The molecule has 3 rings (SSSR count). The maximum absolute atomic E-state index is 12.6. The molecule has 0 spiro atoms. The number of hydrogen-bond acceptors (Lipinski definition) is 3. The average molecular weight is 294 g/mol. The molecule has 0 N–H and O–H groups in total. The van der Waals surface area contributed by atoms with E-state index in [-0.39, 0.29) is 18.0 Å². The number of hydrogen-bond donors (Lipinski definition) is 0. The van der Waals surface area contributed by atoms with Gasteiger partial charge in [0.1, 0.15) is 6.17 Å². The third-order valence-corrected chi connectivity index (χ3v) is 4.08. The standard InChI is InChI=1S/C18H18N2O2/c1-3-19(14-9-5-4-6-10-14)13(2)20-17(21)15-11-7-8-12-16(15)18(20)22/h4-13H,3H2,1-2H3. The first-order valence-corrected chi connectivity index (χ1v) is 7.43. The number of carbonyl (C=O) groups excluding carboxylic acids is 2. The molecule has 1 atom stereocenters. The van der Waals surface area contributed by atoms with Crippen LogP contribution in [0.5, 0.6) is 0 Å². The van der Waals surface area contributed by atoms with Crippen LogP contribution in [-0.2, 0) is 0 Å². The number of para-hydroxylation sites is 1. The van der Waals surface area contributed by atoms with E-state index in [4.69, 9.17) is 0 Å². The number of amides is 2. The lowest BCUT2D eigenvalue weighted by molar-refractivity contribution is 0.0594. The van der Waals surface area contributed by atoms with Crippen molar-refractivity contribution in [1.29, 1.82) is 0 Å². The molecule has 0 radical (unpaired) electrons. The second kappa shape index (κ2) is 5.64. The van der Waals surface area contributed by atoms with Crippen LogP contribution >= 0.6 is 0 Å². The third-order valence-electron chi connectivity index (χ3n) is 4.08. The maximum atomic E-state index is 12.6. The van der Waals surface area contributed by atoms with Crippen LogP contribution in [0, 0.1) is 0 Å². The molecule has 1 aliphatic rings. The molecule has 2 aromatic rings. The van der Waals surface area contributed by atoms with Gasteiger partial charge < -0.3 is 4.90 Å². The molecule has 0 fully saturated rings. The Labute approximate surface area is 130 Å². The second-order valence-electron chi connectivity index (χ2n) is 5.28. The van der Waals surface area contributed by atoms with E-state index in [2.05, 4.69) is 0 Å². The Balaban J connectivity index is 1.94. The fourth-order valence-electron chi connectivity index (χ4n) is 2.97. The van der Waals surface area contributed by atoms with Gasteiger partial charge in [0.25, 0.3) is 11.8 Å². The van der Waals surface area contributed by atoms with E-state index in [9.17, 15) is 9.59 Å². The Morgan fingerprint density at radius 2 is 1.41 bits per heavy atom. The van der Waals surface area contributed by atoms with Crippen molar-refractivity contribution in [2.24, 2.45) is 0 Å². The third kappa shape index (κ3) is 2.17. The van der Waals surface area contributed by atoms with Gasteiger partial charge in [-0.3, -0.25) is 14.5 Å². The summed E-state index contributed by atoms with van der Waals surface area (Å²) in [6, 6.07) is 16.8. The smallest absolute Gasteiger partial charge is 0.263 e. The van der Waals surface area contributed by atoms with Gasteiger partial charge in [-0.15, -0.1) is 0 Å². The zero-order chi connectivity index (χ0) is 15.7. The number of benzene rings is 2. The summed E-state index contributed by atoms with van der Waals surface area (Å²) >= 11 is 0. The summed E-state index contributed by atoms with van der Waals surface area (Å²) in [5, 5.41) is 0. The van der Waals surface area contributed by atoms with E-state index in [1.165, 1.54) is 4.90 Å². The van der Waals surface area contributed by atoms with Gasteiger partial charge in [0.2, 0.25) is 0 Å². The summed E-state index contributed by atoms with van der Waals surface area (Å²) in [4.78, 5) is 28.5. The average Bonchev–Trinajstić information content (AvgIpc) is 2.81. The first-order valence-electron chi connectivity index (χ1n) is 7.43. The van der Waals surface area contributed by atoms with Crippen molar-refractivity contribution in [2.45, 2.75) is 20.0 Å². The minimum Gasteiger partial charge on any atom is -0.351 e. The Morgan fingerprint density at radius 3 is 1.91 bits per heavy atom. The zero-order valence-corrected chi connectivity index (χ0v) is 12.7. The summed E-state index contributed by atoms with van der Waals surface area (Å²) in [6.45, 7) is 4.61. The predicted octanol–water partition coefficient (Wildman–Crippen LogP) is 3.16. The molecule has 0 aromatic heterocycles. The fraction of sp³-hybridized carbons (Fsp3) is 0.222. The maximum Gasteiger partial charge on any atom is 0.263 e. The van der Waals surface area contributed by atoms with Crippen LogP contribution in [0.15, 0.2) is 54.6 Å². The highest BCUT2D eigenvalue weighted by atomic mass is 16.2. The summed E-state index contributed by atoms with van der Waals surface area (Å²) in [7, 11) is 0. The summed E-state index contributed by atoms with van der Waals surface area (Å²) in [6.07, 6.45) is -0.334. The first kappa shape index (κ1) is 14.3. The van der Waals surface area contributed by atoms with Gasteiger partial charge in [-0.2, -0.15) is 0 Å². The van der Waals surface area contributed by atoms with Crippen molar-refractivity contribution in [1.82, 2.24) is 4.90 Å². The molecule has 1 unspecified atom stereocenters. The molecular formula is C18H18N2O2. The number of imide groups is 1. The summed E-state index contributed by atoms with van der Waals surface area (Å²) < 4.78 is 0. The van der Waals surface area contributed by atoms with E-state index in [1.807, 2.05) is 49.1 Å². The number of rotatable bonds is 4. The molecule has 1 aliphatic heterocycles. The second-order valence-corrected chi connectivity index (χ2v) is 5.28. The van der Waals surface area contributed by atoms with Crippen molar-refractivity contribution >= 4 is 17.5 Å². The topological polar surface area (TPSA) is 40.6 Å². The largest absolute Gasteiger partial charge is 0.351 e. The quantitative estimate of drug-likeness (QED) is 0.813. The number of nitrogens with zero attached hydrogens (tertiary/aromatic N) is 2. The highest BCUT2D eigenvalue weighted by molar-refractivity contribution is 6.21. The molecule has 22 heavy (non-hydrogen) atoms. The molecule has 4 nitrogen and oxygen atoms in total. The summed E-state index contributed by atoms with van der Waals surface area (Å²) in [5.41, 5.74) is 1.97. The Morgan fingerprint density at radius 1 is 0.909 bits per heavy atom. The Hall–Kier alpha value is -2.62. The SMILES string of the molecule is CCN(c1ccccc1)C(C)N1C(=O)c2ccccc2C1=O. The van der Waals surface area contributed by atoms with Crippen molar-refractivity contribution in [3.63, 3.8) is 0 Å². The van der Waals surface area contributed by atoms with E-state index in [0.29, 0.717) is 17.7 Å². The van der Waals surface area contributed by atoms with Crippen LogP contribution in [0.2, 0.25) is 0 Å². The van der Waals surface area contributed by atoms with Crippen molar-refractivity contribution in [2.75, 3.05) is 11.4 Å². The minimum atomic E-state index is -0.334. The molecule has 0 saturated carbocycles. The lowest BCUT2D eigenvalue weighted by atomic mass is 10.1. The lowest BCUT2D eigenvalue weighted by Gasteiger charge is -2.35. The van der Waals surface area contributed by atoms with Gasteiger partial charge in [-0.1, -0.05) is 30.3 Å². The van der Waals surface area contributed by atoms with Crippen molar-refractivity contribution in [3.8, 4) is 0 Å². The number of carbonyl (C=O) groups is 2. The monoisotopic (exact) mass is 294 g/mol. The van der Waals surface area contributed by atoms with Crippen LogP contribution in [0.25, 0.3) is 0 Å². The van der Waals surface area contributed by atoms with Crippen LogP contribution in [0.4, 0.5) is 5.69 Å². The highest BCUT2D eigenvalue weighted by Crippen LogP contribution is 2.27. The first-order chi connectivity index (χ1) is 10.6. The molecule has 0 bridgehead atoms. The van der Waals surface area contributed by atoms with E-state index >= 15 is 0 Å². The summed E-state index contributed by atoms with van der Waals surface area (Å²) in [5.74, 6) is -0.440. The zero-order valence-electron chi connectivity index (χ0n) is 12.7. The van der Waals surface area contributed by atoms with Gasteiger partial charge in [-0.05, 0) is 38.1 Å². The minimum absolute atomic E-state index is 0.220. The molecule has 2 amide bonds. The molecule has 4 heteroatoms. The van der Waals surface area contributed by atoms with E-state index in [1.54, 1.807) is 24.3 Å². The van der Waals surface area contributed by atoms with Gasteiger partial charge in [-0.25, -0.2) is 0 Å². The van der Waals surface area contributed by atoms with E-state index < -0.39 is 0 Å². The van der Waals surface area contributed by atoms with Crippen LogP contribution < -0.4 is 4.90 Å². The predicted molar refractivity (Wildman–Crippen MR) is 85.9 cm³/mol. The van der Waals surface area contributed by atoms with Crippen molar-refractivity contribution in [3.05, 3.63) is 65.7 Å². The normalized spacial score (nSPS) is 14.9. The molecule has 1 heterocycles. The molecule has 2 aromatic carbocycles. The molecule has 0 saturated heterocycles. The van der Waals surface area contributed by atoms with E-state index in [0.717, 1.165) is 5.69 Å². The van der Waals surface area contributed by atoms with Gasteiger partial charge >= 0.3 is 0 Å². The molecular weight excluding hydrogens is 276 g/mol.